The number of aliphatic carboxylic acids is 1. The van der Waals surface area contributed by atoms with Crippen LogP contribution in [0.4, 0.5) is 19.3 Å². The number of carbonyl (C=O) groups is 2. The number of nitrogens with zero attached hydrogens (tertiary/aromatic N) is 3. The van der Waals surface area contributed by atoms with Gasteiger partial charge in [0.2, 0.25) is 0 Å². The Balaban J connectivity index is 1.44. The Morgan fingerprint density at radius 1 is 1.21 bits per heavy atom. The molecule has 2 N–H and O–H groups in total. The number of urea groups is 1. The zero-order valence-corrected chi connectivity index (χ0v) is 15.9. The minimum Gasteiger partial charge on any atom is -0.480 e. The fraction of sp³-hybridized carbons (Fsp3) is 0.579. The highest BCUT2D eigenvalue weighted by Crippen LogP contribution is 2.26. The molecule has 1 saturated heterocycles. The van der Waals surface area contributed by atoms with Crippen LogP contribution in [0.3, 0.4) is 0 Å². The molecule has 1 saturated carbocycles. The molecular formula is C19H26F2N4O3. The first-order chi connectivity index (χ1) is 13.4. The van der Waals surface area contributed by atoms with E-state index in [9.17, 15) is 18.4 Å². The lowest BCUT2D eigenvalue weighted by atomic mass is 9.85. The average Bonchev–Trinajstić information content (AvgIpc) is 2.65. The smallest absolute Gasteiger partial charge is 0.317 e. The van der Waals surface area contributed by atoms with E-state index in [1.54, 1.807) is 15.9 Å². The number of carboxylic acids is 1. The Morgan fingerprint density at radius 2 is 1.89 bits per heavy atom. The molecular weight excluding hydrogens is 370 g/mol. The molecule has 28 heavy (non-hydrogen) atoms. The zero-order valence-electron chi connectivity index (χ0n) is 15.9. The molecule has 2 amide bonds. The molecule has 154 valence electrons. The van der Waals surface area contributed by atoms with E-state index in [0.29, 0.717) is 32.7 Å². The van der Waals surface area contributed by atoms with Crippen LogP contribution in [0, 0.1) is 11.6 Å². The van der Waals surface area contributed by atoms with E-state index < -0.39 is 17.6 Å². The number of hydrogen-bond donors (Lipinski definition) is 2. The van der Waals surface area contributed by atoms with E-state index in [1.807, 2.05) is 11.8 Å². The maximum Gasteiger partial charge on any atom is 0.317 e. The molecule has 1 heterocycles. The number of carbonyl (C=O) groups excluding carboxylic acids is 1. The number of halogens is 2. The van der Waals surface area contributed by atoms with Gasteiger partial charge < -0.3 is 20.2 Å². The van der Waals surface area contributed by atoms with E-state index in [2.05, 4.69) is 5.32 Å². The van der Waals surface area contributed by atoms with Crippen LogP contribution in [0.1, 0.15) is 19.8 Å². The van der Waals surface area contributed by atoms with Gasteiger partial charge in [-0.05, 0) is 31.5 Å². The van der Waals surface area contributed by atoms with Crippen molar-refractivity contribution in [3.8, 4) is 0 Å². The summed E-state index contributed by atoms with van der Waals surface area (Å²) in [6.45, 7) is 4.33. The van der Waals surface area contributed by atoms with Gasteiger partial charge in [-0.15, -0.1) is 0 Å². The van der Waals surface area contributed by atoms with Crippen molar-refractivity contribution in [2.75, 3.05) is 44.2 Å². The number of benzene rings is 1. The zero-order chi connectivity index (χ0) is 20.3. The predicted octanol–water partition coefficient (Wildman–Crippen LogP) is 1.73. The molecule has 1 aromatic rings. The molecule has 2 aliphatic rings. The first-order valence-electron chi connectivity index (χ1n) is 9.59. The van der Waals surface area contributed by atoms with Crippen molar-refractivity contribution in [1.82, 2.24) is 15.1 Å². The molecule has 0 aromatic heterocycles. The summed E-state index contributed by atoms with van der Waals surface area (Å²) < 4.78 is 27.3. The largest absolute Gasteiger partial charge is 0.480 e. The van der Waals surface area contributed by atoms with Crippen LogP contribution in [-0.2, 0) is 4.79 Å². The molecule has 7 nitrogen and oxygen atoms in total. The molecule has 0 radical (unpaired) electrons. The van der Waals surface area contributed by atoms with E-state index >= 15 is 0 Å². The minimum atomic E-state index is -0.874. The summed E-state index contributed by atoms with van der Waals surface area (Å²) in [5, 5.41) is 11.9. The standard InChI is InChI=1S/C19H26F2N4O3/c1-2-23(12-17(26)27)14-10-13(11-14)22-19(28)25-8-6-24(7-9-25)16-5-3-4-15(20)18(16)21/h3-5,13-14H,2,6-12H2,1H3,(H,22,28)(H,26,27). The van der Waals surface area contributed by atoms with Gasteiger partial charge in [0.1, 0.15) is 0 Å². The van der Waals surface area contributed by atoms with Gasteiger partial charge in [0.15, 0.2) is 11.6 Å². The monoisotopic (exact) mass is 396 g/mol. The van der Waals surface area contributed by atoms with Gasteiger partial charge in [0.25, 0.3) is 0 Å². The topological polar surface area (TPSA) is 76.1 Å². The second-order valence-corrected chi connectivity index (χ2v) is 7.28. The molecule has 3 rings (SSSR count). The molecule has 1 aliphatic carbocycles. The number of likely N-dealkylation sites (N-methyl/N-ethyl adjacent to an activating group) is 1. The Bertz CT molecular complexity index is 719. The van der Waals surface area contributed by atoms with Gasteiger partial charge in [-0.3, -0.25) is 9.69 Å². The predicted molar refractivity (Wildman–Crippen MR) is 100 cm³/mol. The summed E-state index contributed by atoms with van der Waals surface area (Å²) in [7, 11) is 0. The number of amides is 2. The maximum atomic E-state index is 13.9. The molecule has 0 spiro atoms. The van der Waals surface area contributed by atoms with E-state index in [0.717, 1.165) is 18.9 Å². The second kappa shape index (κ2) is 8.72. The van der Waals surface area contributed by atoms with Crippen molar-refractivity contribution < 1.29 is 23.5 Å². The maximum absolute atomic E-state index is 13.9. The quantitative estimate of drug-likeness (QED) is 0.766. The van der Waals surface area contributed by atoms with Crippen molar-refractivity contribution in [3.63, 3.8) is 0 Å². The third-order valence-corrected chi connectivity index (χ3v) is 5.54. The number of piperazine rings is 1. The van der Waals surface area contributed by atoms with Crippen LogP contribution < -0.4 is 10.2 Å². The first-order valence-corrected chi connectivity index (χ1v) is 9.59. The normalized spacial score (nSPS) is 22.1. The molecule has 0 atom stereocenters. The van der Waals surface area contributed by atoms with Gasteiger partial charge >= 0.3 is 12.0 Å². The lowest BCUT2D eigenvalue weighted by molar-refractivity contribution is -0.139. The Morgan fingerprint density at radius 3 is 2.50 bits per heavy atom. The van der Waals surface area contributed by atoms with Crippen LogP contribution in [-0.4, -0.2) is 78.3 Å². The van der Waals surface area contributed by atoms with Crippen LogP contribution >= 0.6 is 0 Å². The average molecular weight is 396 g/mol. The van der Waals surface area contributed by atoms with Crippen LogP contribution in [0.25, 0.3) is 0 Å². The fourth-order valence-corrected chi connectivity index (χ4v) is 3.83. The van der Waals surface area contributed by atoms with Crippen molar-refractivity contribution in [3.05, 3.63) is 29.8 Å². The van der Waals surface area contributed by atoms with Crippen molar-refractivity contribution in [2.45, 2.75) is 31.8 Å². The molecule has 0 unspecified atom stereocenters. The third-order valence-electron chi connectivity index (χ3n) is 5.54. The first kappa shape index (κ1) is 20.3. The Labute approximate surface area is 162 Å². The lowest BCUT2D eigenvalue weighted by Crippen LogP contribution is -2.59. The Kier molecular flexibility index (Phi) is 6.33. The number of rotatable bonds is 6. The van der Waals surface area contributed by atoms with Crippen LogP contribution in [0.15, 0.2) is 18.2 Å². The van der Waals surface area contributed by atoms with Gasteiger partial charge in [-0.25, -0.2) is 13.6 Å². The molecule has 1 aromatic carbocycles. The highest BCUT2D eigenvalue weighted by molar-refractivity contribution is 5.75. The number of anilines is 1. The fourth-order valence-electron chi connectivity index (χ4n) is 3.83. The van der Waals surface area contributed by atoms with Crippen LogP contribution in [0.2, 0.25) is 0 Å². The summed E-state index contributed by atoms with van der Waals surface area (Å²) in [5.41, 5.74) is 0.222. The molecule has 9 heteroatoms. The summed E-state index contributed by atoms with van der Waals surface area (Å²) in [5.74, 6) is -2.58. The molecule has 2 fully saturated rings. The number of hydrogen-bond acceptors (Lipinski definition) is 4. The van der Waals surface area contributed by atoms with Gasteiger partial charge in [0, 0.05) is 38.3 Å². The van der Waals surface area contributed by atoms with E-state index in [-0.39, 0.29) is 30.3 Å². The molecule has 0 bridgehead atoms. The van der Waals surface area contributed by atoms with E-state index in [4.69, 9.17) is 5.11 Å². The summed E-state index contributed by atoms with van der Waals surface area (Å²) in [4.78, 5) is 28.6. The van der Waals surface area contributed by atoms with E-state index in [1.165, 1.54) is 6.07 Å². The highest BCUT2D eigenvalue weighted by Gasteiger charge is 2.35. The van der Waals surface area contributed by atoms with Crippen molar-refractivity contribution in [2.24, 2.45) is 0 Å². The highest BCUT2D eigenvalue weighted by atomic mass is 19.2. The minimum absolute atomic E-state index is 0.0143. The van der Waals surface area contributed by atoms with Gasteiger partial charge in [-0.2, -0.15) is 0 Å². The summed E-state index contributed by atoms with van der Waals surface area (Å²) in [6.07, 6.45) is 1.47. The Hall–Kier alpha value is -2.42. The van der Waals surface area contributed by atoms with Crippen LogP contribution in [0.5, 0.6) is 0 Å². The number of nitrogens with one attached hydrogen (secondary N) is 1. The molecule has 1 aliphatic heterocycles. The summed E-state index contributed by atoms with van der Waals surface area (Å²) >= 11 is 0. The summed E-state index contributed by atoms with van der Waals surface area (Å²) in [6, 6.07) is 4.16. The van der Waals surface area contributed by atoms with Crippen molar-refractivity contribution in [1.29, 1.82) is 0 Å². The lowest BCUT2D eigenvalue weighted by Gasteiger charge is -2.43. The van der Waals surface area contributed by atoms with Gasteiger partial charge in [0.05, 0.1) is 12.2 Å². The SMILES string of the molecule is CCN(CC(=O)O)C1CC(NC(=O)N2CCN(c3cccc(F)c3F)CC2)C1. The van der Waals surface area contributed by atoms with Gasteiger partial charge in [-0.1, -0.05) is 13.0 Å². The second-order valence-electron chi connectivity index (χ2n) is 7.28. The number of carboxylic acid groups (broad SMARTS) is 1. The van der Waals surface area contributed by atoms with Crippen molar-refractivity contribution >= 4 is 17.7 Å². The third kappa shape index (κ3) is 4.52.